The van der Waals surface area contributed by atoms with Gasteiger partial charge in [0.1, 0.15) is 11.9 Å². The number of carbonyl (C=O) groups excluding carboxylic acids is 1. The number of carboxylic acid groups (broad SMARTS) is 1. The number of aliphatic hydroxyl groups is 1. The second kappa shape index (κ2) is 15.0. The molecule has 3 atom stereocenters. The molecule has 48 heavy (non-hydrogen) atoms. The van der Waals surface area contributed by atoms with Gasteiger partial charge in [-0.05, 0) is 46.2 Å². The van der Waals surface area contributed by atoms with Crippen molar-refractivity contribution in [2.75, 3.05) is 20.2 Å². The third kappa shape index (κ3) is 7.40. The van der Waals surface area contributed by atoms with Crippen LogP contribution in [0.2, 0.25) is 0 Å². The van der Waals surface area contributed by atoms with Gasteiger partial charge in [-0.2, -0.15) is 0 Å². The van der Waals surface area contributed by atoms with E-state index in [1.54, 1.807) is 12.0 Å². The molecule has 0 saturated carbocycles. The molecule has 2 amide bonds. The molecule has 0 bridgehead atoms. The van der Waals surface area contributed by atoms with Crippen molar-refractivity contribution in [3.05, 3.63) is 138 Å². The lowest BCUT2D eigenvalue weighted by atomic mass is 9.64. The molecule has 2 N–H and O–H groups in total. The number of amides is 2. The maximum Gasteiger partial charge on any atom is 0.408 e. The van der Waals surface area contributed by atoms with Gasteiger partial charge in [0.2, 0.25) is 0 Å². The number of methoxy groups -OCH3 is 1. The molecule has 252 valence electrons. The molecular weight excluding hydrogens is 602 g/mol. The van der Waals surface area contributed by atoms with Gasteiger partial charge in [-0.15, -0.1) is 0 Å². The largest absolute Gasteiger partial charge is 0.497 e. The summed E-state index contributed by atoms with van der Waals surface area (Å²) in [5, 5.41) is 23.8. The summed E-state index contributed by atoms with van der Waals surface area (Å²) in [6.45, 7) is 7.12. The summed E-state index contributed by atoms with van der Waals surface area (Å²) in [6, 6.07) is 36.9. The predicted octanol–water partition coefficient (Wildman–Crippen LogP) is 6.48. The van der Waals surface area contributed by atoms with E-state index >= 15 is 4.79 Å². The highest BCUT2D eigenvalue weighted by Gasteiger charge is 2.64. The Kier molecular flexibility index (Phi) is 10.9. The predicted molar refractivity (Wildman–Crippen MR) is 187 cm³/mol. The standard InChI is InChI=1S/C40H47N3O5/c1-39(2,3)40(37(45)41(24-25-43(40)38(46)47)27-33-20-22-34(48-4)23-21-33)36(44)35(26-30-14-8-5-9-15-30)42(28-31-16-10-6-11-17-31)29-32-18-12-7-13-19-32/h5-23,35-36,44H,24-29H2,1-4H3,(H,46,47)/t35-,36-,40?/m0/s1. The topological polar surface area (TPSA) is 93.6 Å². The summed E-state index contributed by atoms with van der Waals surface area (Å²) >= 11 is 0. The van der Waals surface area contributed by atoms with Crippen molar-refractivity contribution in [3.63, 3.8) is 0 Å². The summed E-state index contributed by atoms with van der Waals surface area (Å²) in [6.07, 6.45) is -2.22. The van der Waals surface area contributed by atoms with Crippen LogP contribution < -0.4 is 4.74 Å². The van der Waals surface area contributed by atoms with Crippen LogP contribution >= 0.6 is 0 Å². The average Bonchev–Trinajstić information content (AvgIpc) is 3.08. The minimum absolute atomic E-state index is 0.0704. The molecule has 4 aromatic carbocycles. The zero-order valence-corrected chi connectivity index (χ0v) is 28.3. The molecule has 8 nitrogen and oxygen atoms in total. The van der Waals surface area contributed by atoms with Crippen LogP contribution in [0.25, 0.3) is 0 Å². The Balaban J connectivity index is 1.64. The van der Waals surface area contributed by atoms with Crippen LogP contribution in [0.4, 0.5) is 4.79 Å². The molecule has 1 aliphatic heterocycles. The zero-order chi connectivity index (χ0) is 34.3. The van der Waals surface area contributed by atoms with E-state index in [1.807, 2.05) is 112 Å². The number of aliphatic hydroxyl groups excluding tert-OH is 1. The Bertz CT molecular complexity index is 1590. The number of hydrogen-bond acceptors (Lipinski definition) is 5. The van der Waals surface area contributed by atoms with E-state index in [-0.39, 0.29) is 19.6 Å². The molecule has 1 saturated heterocycles. The van der Waals surface area contributed by atoms with Crippen LogP contribution in [-0.2, 0) is 30.8 Å². The van der Waals surface area contributed by atoms with E-state index in [0.29, 0.717) is 25.3 Å². The van der Waals surface area contributed by atoms with Crippen molar-refractivity contribution < 1.29 is 24.5 Å². The van der Waals surface area contributed by atoms with E-state index in [1.165, 1.54) is 4.90 Å². The molecule has 1 fully saturated rings. The number of rotatable bonds is 12. The van der Waals surface area contributed by atoms with Crippen molar-refractivity contribution in [2.45, 2.75) is 64.5 Å². The fourth-order valence-corrected chi connectivity index (χ4v) is 7.16. The van der Waals surface area contributed by atoms with E-state index in [2.05, 4.69) is 29.2 Å². The first-order valence-corrected chi connectivity index (χ1v) is 16.5. The SMILES string of the molecule is COc1ccc(CN2CCN(C(=O)O)C([C@@H](O)[C@H](Cc3ccccc3)N(Cc3ccccc3)Cc3ccccc3)(C(C)(C)C)C2=O)cc1. The van der Waals surface area contributed by atoms with Gasteiger partial charge in [-0.25, -0.2) is 4.79 Å². The normalized spacial score (nSPS) is 18.1. The monoisotopic (exact) mass is 649 g/mol. The minimum Gasteiger partial charge on any atom is -0.497 e. The number of hydrogen-bond donors (Lipinski definition) is 2. The van der Waals surface area contributed by atoms with Gasteiger partial charge in [0.15, 0.2) is 5.54 Å². The lowest BCUT2D eigenvalue weighted by Crippen LogP contribution is -2.79. The fourth-order valence-electron chi connectivity index (χ4n) is 7.16. The number of piperazine rings is 1. The van der Waals surface area contributed by atoms with E-state index < -0.39 is 35.1 Å². The molecule has 4 aromatic rings. The summed E-state index contributed by atoms with van der Waals surface area (Å²) in [5.74, 6) is 0.310. The molecule has 0 spiro atoms. The van der Waals surface area contributed by atoms with Crippen LogP contribution in [0.15, 0.2) is 115 Å². The summed E-state index contributed by atoms with van der Waals surface area (Å²) in [5.41, 5.74) is 1.19. The zero-order valence-electron chi connectivity index (χ0n) is 28.3. The summed E-state index contributed by atoms with van der Waals surface area (Å²) in [4.78, 5) is 33.4. The van der Waals surface area contributed by atoms with Crippen molar-refractivity contribution in [1.29, 1.82) is 0 Å². The van der Waals surface area contributed by atoms with Gasteiger partial charge in [0.05, 0.1) is 7.11 Å². The minimum atomic E-state index is -1.80. The summed E-state index contributed by atoms with van der Waals surface area (Å²) < 4.78 is 5.32. The van der Waals surface area contributed by atoms with Gasteiger partial charge in [-0.3, -0.25) is 14.6 Å². The van der Waals surface area contributed by atoms with Crippen LogP contribution in [0.5, 0.6) is 5.75 Å². The van der Waals surface area contributed by atoms with Crippen LogP contribution in [0.3, 0.4) is 0 Å². The molecular formula is C40H47N3O5. The molecule has 8 heteroatoms. The first-order valence-electron chi connectivity index (χ1n) is 16.5. The lowest BCUT2D eigenvalue weighted by molar-refractivity contribution is -0.181. The Morgan fingerprint density at radius 1 is 0.792 bits per heavy atom. The highest BCUT2D eigenvalue weighted by Crippen LogP contribution is 2.45. The first-order chi connectivity index (χ1) is 23.0. The van der Waals surface area contributed by atoms with Gasteiger partial charge in [0.25, 0.3) is 5.91 Å². The maximum atomic E-state index is 15.1. The Labute approximate surface area is 284 Å². The van der Waals surface area contributed by atoms with Gasteiger partial charge >= 0.3 is 6.09 Å². The molecule has 0 aliphatic carbocycles. The van der Waals surface area contributed by atoms with Crippen LogP contribution in [-0.4, -0.2) is 74.8 Å². The number of nitrogens with zero attached hydrogens (tertiary/aromatic N) is 3. The Morgan fingerprint density at radius 3 is 1.75 bits per heavy atom. The third-order valence-electron chi connectivity index (χ3n) is 9.55. The highest BCUT2D eigenvalue weighted by atomic mass is 16.5. The molecule has 5 rings (SSSR count). The maximum absolute atomic E-state index is 15.1. The molecule has 1 unspecified atom stereocenters. The first kappa shape index (κ1) is 34.7. The fraction of sp³-hybridized carbons (Fsp3) is 0.350. The molecule has 1 aliphatic rings. The molecule has 1 heterocycles. The van der Waals surface area contributed by atoms with Gasteiger partial charge in [-0.1, -0.05) is 124 Å². The highest BCUT2D eigenvalue weighted by molar-refractivity contribution is 5.92. The van der Waals surface area contributed by atoms with Crippen molar-refractivity contribution in [3.8, 4) is 5.75 Å². The van der Waals surface area contributed by atoms with Crippen LogP contribution in [0.1, 0.15) is 43.0 Å². The van der Waals surface area contributed by atoms with E-state index in [4.69, 9.17) is 4.74 Å². The second-order valence-electron chi connectivity index (χ2n) is 13.6. The smallest absolute Gasteiger partial charge is 0.408 e. The third-order valence-corrected chi connectivity index (χ3v) is 9.55. The van der Waals surface area contributed by atoms with Gasteiger partial charge in [0, 0.05) is 38.8 Å². The quantitative estimate of drug-likeness (QED) is 0.183. The van der Waals surface area contributed by atoms with Crippen molar-refractivity contribution >= 4 is 12.0 Å². The van der Waals surface area contributed by atoms with Gasteiger partial charge < -0.3 is 19.8 Å². The Hall–Kier alpha value is -4.66. The van der Waals surface area contributed by atoms with Crippen molar-refractivity contribution in [1.82, 2.24) is 14.7 Å². The van der Waals surface area contributed by atoms with E-state index in [9.17, 15) is 15.0 Å². The summed E-state index contributed by atoms with van der Waals surface area (Å²) in [7, 11) is 1.60. The average molecular weight is 650 g/mol. The number of carbonyl (C=O) groups is 2. The Morgan fingerprint density at radius 2 is 1.29 bits per heavy atom. The number of ether oxygens (including phenoxy) is 1. The number of benzene rings is 4. The molecule has 0 radical (unpaired) electrons. The van der Waals surface area contributed by atoms with E-state index in [0.717, 1.165) is 22.3 Å². The van der Waals surface area contributed by atoms with Crippen LogP contribution in [0, 0.1) is 5.41 Å². The lowest BCUT2D eigenvalue weighted by Gasteiger charge is -2.58. The molecule has 0 aromatic heterocycles. The second-order valence-corrected chi connectivity index (χ2v) is 13.6. The van der Waals surface area contributed by atoms with Crippen molar-refractivity contribution in [2.24, 2.45) is 5.41 Å².